The standard InChI is InChI=1S/C16H23NO4/c1-5-21-15(19)14-11(2)9-13(18)17(12(14)3)16(4)7-6-8-20-10-16/h9H,5-8,10H2,1-4H3. The maximum absolute atomic E-state index is 12.5. The van der Waals surface area contributed by atoms with Gasteiger partial charge in [0.15, 0.2) is 0 Å². The van der Waals surface area contributed by atoms with E-state index in [1.165, 1.54) is 6.07 Å². The van der Waals surface area contributed by atoms with E-state index in [1.54, 1.807) is 25.3 Å². The molecule has 0 spiro atoms. The molecule has 2 rings (SSSR count). The molecule has 0 N–H and O–H groups in total. The molecule has 1 aromatic rings. The number of ether oxygens (including phenoxy) is 2. The average molecular weight is 293 g/mol. The monoisotopic (exact) mass is 293 g/mol. The number of carbonyl (C=O) groups excluding carboxylic acids is 1. The van der Waals surface area contributed by atoms with Crippen molar-refractivity contribution in [3.05, 3.63) is 33.2 Å². The molecule has 116 valence electrons. The van der Waals surface area contributed by atoms with Crippen LogP contribution in [0.3, 0.4) is 0 Å². The van der Waals surface area contributed by atoms with Crippen LogP contribution in [0.1, 0.15) is 48.3 Å². The summed E-state index contributed by atoms with van der Waals surface area (Å²) in [4.78, 5) is 24.6. The Kier molecular flexibility index (Phi) is 4.52. The van der Waals surface area contributed by atoms with Crippen LogP contribution in [0.2, 0.25) is 0 Å². The fraction of sp³-hybridized carbons (Fsp3) is 0.625. The lowest BCUT2D eigenvalue weighted by atomic mass is 9.92. The summed E-state index contributed by atoms with van der Waals surface area (Å²) < 4.78 is 12.4. The van der Waals surface area contributed by atoms with Crippen LogP contribution in [0.25, 0.3) is 0 Å². The minimum Gasteiger partial charge on any atom is -0.462 e. The molecule has 1 unspecified atom stereocenters. The molecule has 1 aliphatic rings. The predicted molar refractivity (Wildman–Crippen MR) is 79.8 cm³/mol. The molecule has 5 nitrogen and oxygen atoms in total. The van der Waals surface area contributed by atoms with Gasteiger partial charge >= 0.3 is 5.97 Å². The summed E-state index contributed by atoms with van der Waals surface area (Å²) in [6, 6.07) is 1.51. The number of aryl methyl sites for hydroxylation is 1. The van der Waals surface area contributed by atoms with Gasteiger partial charge in [0.25, 0.3) is 5.56 Å². The van der Waals surface area contributed by atoms with Crippen molar-refractivity contribution in [1.29, 1.82) is 0 Å². The number of esters is 1. The third-order valence-electron chi connectivity index (χ3n) is 4.09. The fourth-order valence-electron chi connectivity index (χ4n) is 3.16. The molecular weight excluding hydrogens is 270 g/mol. The van der Waals surface area contributed by atoms with Crippen LogP contribution in [0.4, 0.5) is 0 Å². The highest BCUT2D eigenvalue weighted by molar-refractivity contribution is 5.92. The van der Waals surface area contributed by atoms with Gasteiger partial charge in [0.1, 0.15) is 0 Å². The van der Waals surface area contributed by atoms with Crippen LogP contribution < -0.4 is 5.56 Å². The number of hydrogen-bond donors (Lipinski definition) is 0. The normalized spacial score (nSPS) is 22.1. The molecular formula is C16H23NO4. The zero-order valence-corrected chi connectivity index (χ0v) is 13.2. The zero-order valence-electron chi connectivity index (χ0n) is 13.2. The van der Waals surface area contributed by atoms with Crippen LogP contribution in [-0.2, 0) is 15.0 Å². The van der Waals surface area contributed by atoms with E-state index < -0.39 is 5.54 Å². The van der Waals surface area contributed by atoms with Crippen molar-refractivity contribution in [2.45, 2.75) is 46.1 Å². The molecule has 1 aromatic heterocycles. The van der Waals surface area contributed by atoms with Crippen molar-refractivity contribution in [3.63, 3.8) is 0 Å². The lowest BCUT2D eigenvalue weighted by Crippen LogP contribution is -2.46. The largest absolute Gasteiger partial charge is 0.462 e. The summed E-state index contributed by atoms with van der Waals surface area (Å²) in [6.45, 7) is 8.88. The van der Waals surface area contributed by atoms with Gasteiger partial charge in [0.2, 0.25) is 0 Å². The summed E-state index contributed by atoms with van der Waals surface area (Å²) in [5.41, 5.74) is 1.31. The first kappa shape index (κ1) is 15.8. The molecule has 0 saturated carbocycles. The Labute approximate surface area is 124 Å². The second-order valence-electron chi connectivity index (χ2n) is 5.83. The second kappa shape index (κ2) is 6.02. The molecule has 0 amide bonds. The molecule has 5 heteroatoms. The minimum atomic E-state index is -0.408. The molecule has 0 aromatic carbocycles. The second-order valence-corrected chi connectivity index (χ2v) is 5.83. The van der Waals surface area contributed by atoms with E-state index in [0.29, 0.717) is 30.0 Å². The smallest absolute Gasteiger partial charge is 0.340 e. The Morgan fingerprint density at radius 1 is 1.48 bits per heavy atom. The lowest BCUT2D eigenvalue weighted by Gasteiger charge is -2.37. The fourth-order valence-corrected chi connectivity index (χ4v) is 3.16. The van der Waals surface area contributed by atoms with Gasteiger partial charge in [-0.05, 0) is 46.1 Å². The van der Waals surface area contributed by atoms with Crippen LogP contribution in [0, 0.1) is 13.8 Å². The third kappa shape index (κ3) is 2.88. The first-order valence-corrected chi connectivity index (χ1v) is 7.39. The van der Waals surface area contributed by atoms with Crippen LogP contribution >= 0.6 is 0 Å². The average Bonchev–Trinajstić information content (AvgIpc) is 2.38. The van der Waals surface area contributed by atoms with Gasteiger partial charge in [-0.25, -0.2) is 4.79 Å². The first-order chi connectivity index (χ1) is 9.90. The van der Waals surface area contributed by atoms with Crippen molar-refractivity contribution in [2.75, 3.05) is 19.8 Å². The summed E-state index contributed by atoms with van der Waals surface area (Å²) in [6.07, 6.45) is 1.77. The van der Waals surface area contributed by atoms with Gasteiger partial charge < -0.3 is 14.0 Å². The van der Waals surface area contributed by atoms with E-state index in [-0.39, 0.29) is 11.5 Å². The number of pyridine rings is 1. The summed E-state index contributed by atoms with van der Waals surface area (Å²) >= 11 is 0. The Hall–Kier alpha value is -1.62. The van der Waals surface area contributed by atoms with Gasteiger partial charge in [-0.3, -0.25) is 4.79 Å². The lowest BCUT2D eigenvalue weighted by molar-refractivity contribution is 0.00656. The quantitative estimate of drug-likeness (QED) is 0.801. The highest BCUT2D eigenvalue weighted by atomic mass is 16.5. The van der Waals surface area contributed by atoms with Gasteiger partial charge in [0.05, 0.1) is 24.3 Å². The number of carbonyl (C=O) groups is 1. The number of aromatic nitrogens is 1. The molecule has 1 aliphatic heterocycles. The molecule has 1 saturated heterocycles. The topological polar surface area (TPSA) is 57.5 Å². The first-order valence-electron chi connectivity index (χ1n) is 7.39. The van der Waals surface area contributed by atoms with Crippen LogP contribution in [0.5, 0.6) is 0 Å². The van der Waals surface area contributed by atoms with Gasteiger partial charge in [-0.15, -0.1) is 0 Å². The number of rotatable bonds is 3. The molecule has 0 bridgehead atoms. The van der Waals surface area contributed by atoms with Gasteiger partial charge in [-0.2, -0.15) is 0 Å². The van der Waals surface area contributed by atoms with Crippen molar-refractivity contribution in [3.8, 4) is 0 Å². The van der Waals surface area contributed by atoms with Crippen molar-refractivity contribution >= 4 is 5.97 Å². The van der Waals surface area contributed by atoms with E-state index in [1.807, 2.05) is 6.92 Å². The Balaban J connectivity index is 2.59. The Bertz CT molecular complexity index is 597. The highest BCUT2D eigenvalue weighted by Gasteiger charge is 2.33. The SMILES string of the molecule is CCOC(=O)c1c(C)cc(=O)n(C2(C)CCCOC2)c1C. The molecule has 1 fully saturated rings. The summed E-state index contributed by atoms with van der Waals surface area (Å²) in [5, 5.41) is 0. The van der Waals surface area contributed by atoms with E-state index in [0.717, 1.165) is 19.4 Å². The maximum Gasteiger partial charge on any atom is 0.340 e. The third-order valence-corrected chi connectivity index (χ3v) is 4.09. The molecule has 0 radical (unpaired) electrons. The van der Waals surface area contributed by atoms with Crippen molar-refractivity contribution in [1.82, 2.24) is 4.57 Å². The van der Waals surface area contributed by atoms with E-state index in [4.69, 9.17) is 9.47 Å². The number of nitrogens with zero attached hydrogens (tertiary/aromatic N) is 1. The van der Waals surface area contributed by atoms with E-state index in [2.05, 4.69) is 0 Å². The number of hydrogen-bond acceptors (Lipinski definition) is 4. The van der Waals surface area contributed by atoms with Crippen LogP contribution in [0.15, 0.2) is 10.9 Å². The predicted octanol–water partition coefficient (Wildman–Crippen LogP) is 2.17. The Morgan fingerprint density at radius 3 is 2.76 bits per heavy atom. The van der Waals surface area contributed by atoms with Crippen molar-refractivity contribution in [2.24, 2.45) is 0 Å². The maximum atomic E-state index is 12.5. The van der Waals surface area contributed by atoms with E-state index >= 15 is 0 Å². The summed E-state index contributed by atoms with van der Waals surface area (Å²) in [7, 11) is 0. The van der Waals surface area contributed by atoms with Crippen molar-refractivity contribution < 1.29 is 14.3 Å². The van der Waals surface area contributed by atoms with Crippen LogP contribution in [-0.4, -0.2) is 30.4 Å². The summed E-state index contributed by atoms with van der Waals surface area (Å²) in [5.74, 6) is -0.374. The minimum absolute atomic E-state index is 0.0916. The highest BCUT2D eigenvalue weighted by Crippen LogP contribution is 2.28. The van der Waals surface area contributed by atoms with Gasteiger partial charge in [0, 0.05) is 18.4 Å². The Morgan fingerprint density at radius 2 is 2.19 bits per heavy atom. The molecule has 1 atom stereocenters. The molecule has 2 heterocycles. The van der Waals surface area contributed by atoms with Gasteiger partial charge in [-0.1, -0.05) is 0 Å². The molecule has 21 heavy (non-hydrogen) atoms. The zero-order chi connectivity index (χ0) is 15.6. The molecule has 0 aliphatic carbocycles. The van der Waals surface area contributed by atoms with E-state index in [9.17, 15) is 9.59 Å².